The van der Waals surface area contributed by atoms with E-state index in [-0.39, 0.29) is 5.56 Å². The average Bonchev–Trinajstić information content (AvgIpc) is 2.42. The van der Waals surface area contributed by atoms with E-state index in [1.807, 2.05) is 0 Å². The third-order valence-corrected chi connectivity index (χ3v) is 4.01. The molecule has 0 bridgehead atoms. The molecule has 0 amide bonds. The number of hydrogen-bond donors (Lipinski definition) is 0. The van der Waals surface area contributed by atoms with E-state index in [4.69, 9.17) is 4.74 Å². The van der Waals surface area contributed by atoms with Crippen molar-refractivity contribution in [3.05, 3.63) is 41.2 Å². The summed E-state index contributed by atoms with van der Waals surface area (Å²) in [7, 11) is 1.71. The first kappa shape index (κ1) is 15.1. The molecule has 2 rings (SSSR count). The van der Waals surface area contributed by atoms with Crippen molar-refractivity contribution in [3.8, 4) is 0 Å². The van der Waals surface area contributed by atoms with E-state index in [2.05, 4.69) is 0 Å². The maximum absolute atomic E-state index is 13.8. The number of benzene rings is 1. The first-order valence-corrected chi connectivity index (χ1v) is 6.91. The highest BCUT2D eigenvalue weighted by atomic mass is 19.3. The second kappa shape index (κ2) is 6.93. The van der Waals surface area contributed by atoms with Crippen molar-refractivity contribution in [1.29, 1.82) is 0 Å². The average molecular weight is 284 g/mol. The van der Waals surface area contributed by atoms with Crippen molar-refractivity contribution < 1.29 is 17.9 Å². The van der Waals surface area contributed by atoms with E-state index in [9.17, 15) is 13.2 Å². The molecular formula is C16H19F3O. The molecule has 1 nitrogen and oxygen atoms in total. The first-order valence-electron chi connectivity index (χ1n) is 6.91. The smallest absolute Gasteiger partial charge is 0.271 e. The molecule has 0 radical (unpaired) electrons. The molecule has 0 unspecified atom stereocenters. The summed E-state index contributed by atoms with van der Waals surface area (Å²) in [5, 5.41) is 0. The monoisotopic (exact) mass is 284 g/mol. The van der Waals surface area contributed by atoms with E-state index in [1.54, 1.807) is 13.2 Å². The molecular weight excluding hydrogens is 265 g/mol. The van der Waals surface area contributed by atoms with Crippen LogP contribution in [0.5, 0.6) is 0 Å². The molecule has 0 saturated heterocycles. The van der Waals surface area contributed by atoms with Gasteiger partial charge in [0.05, 0.1) is 0 Å². The van der Waals surface area contributed by atoms with Gasteiger partial charge in [-0.05, 0) is 49.1 Å². The van der Waals surface area contributed by atoms with Crippen LogP contribution in [0.1, 0.15) is 42.7 Å². The maximum atomic E-state index is 13.8. The Kier molecular flexibility index (Phi) is 5.24. The van der Waals surface area contributed by atoms with Gasteiger partial charge in [0, 0.05) is 25.4 Å². The van der Waals surface area contributed by atoms with Crippen LogP contribution in [-0.2, 0) is 4.74 Å². The molecule has 0 heterocycles. The normalized spacial score (nSPS) is 22.6. The molecule has 4 heteroatoms. The summed E-state index contributed by atoms with van der Waals surface area (Å²) in [6.07, 6.45) is 2.83. The fourth-order valence-corrected chi connectivity index (χ4v) is 2.93. The lowest BCUT2D eigenvalue weighted by atomic mass is 9.79. The Morgan fingerprint density at radius 2 is 1.95 bits per heavy atom. The van der Waals surface area contributed by atoms with E-state index in [0.29, 0.717) is 17.9 Å². The lowest BCUT2D eigenvalue weighted by molar-refractivity contribution is 0.127. The topological polar surface area (TPSA) is 9.23 Å². The van der Waals surface area contributed by atoms with E-state index >= 15 is 0 Å². The number of ether oxygens (including phenoxy) is 1. The van der Waals surface area contributed by atoms with Gasteiger partial charge >= 0.3 is 0 Å². The molecule has 1 aromatic rings. The zero-order valence-corrected chi connectivity index (χ0v) is 11.5. The van der Waals surface area contributed by atoms with E-state index < -0.39 is 11.9 Å². The Morgan fingerprint density at radius 3 is 2.50 bits per heavy atom. The molecule has 1 aromatic carbocycles. The Morgan fingerprint density at radius 1 is 1.25 bits per heavy atom. The van der Waals surface area contributed by atoms with Gasteiger partial charge in [-0.1, -0.05) is 12.1 Å². The molecule has 0 aliphatic heterocycles. The largest absolute Gasteiger partial charge is 0.384 e. The van der Waals surface area contributed by atoms with Crippen LogP contribution >= 0.6 is 0 Å². The fourth-order valence-electron chi connectivity index (χ4n) is 2.93. The lowest BCUT2D eigenvalue weighted by Crippen LogP contribution is -2.17. The third-order valence-electron chi connectivity index (χ3n) is 4.01. The first-order chi connectivity index (χ1) is 9.60. The van der Waals surface area contributed by atoms with Crippen LogP contribution < -0.4 is 0 Å². The molecule has 0 N–H and O–H groups in total. The zero-order chi connectivity index (χ0) is 14.5. The molecule has 1 saturated carbocycles. The Balaban J connectivity index is 2.04. The van der Waals surface area contributed by atoms with Gasteiger partial charge in [0.2, 0.25) is 0 Å². The summed E-state index contributed by atoms with van der Waals surface area (Å²) in [4.78, 5) is 0. The summed E-state index contributed by atoms with van der Waals surface area (Å²) >= 11 is 0. The fraction of sp³-hybridized carbons (Fsp3) is 0.500. The van der Waals surface area contributed by atoms with Crippen LogP contribution in [0.3, 0.4) is 0 Å². The van der Waals surface area contributed by atoms with Gasteiger partial charge < -0.3 is 4.74 Å². The van der Waals surface area contributed by atoms with Crippen molar-refractivity contribution in [2.24, 2.45) is 5.92 Å². The predicted octanol–water partition coefficient (Wildman–Crippen LogP) is 4.98. The molecule has 1 aliphatic rings. The summed E-state index contributed by atoms with van der Waals surface area (Å²) in [5.41, 5.74) is 0.858. The number of methoxy groups -OCH3 is 1. The molecule has 1 aliphatic carbocycles. The van der Waals surface area contributed by atoms with Crippen molar-refractivity contribution in [1.82, 2.24) is 0 Å². The van der Waals surface area contributed by atoms with Gasteiger partial charge in [0.15, 0.2) is 0 Å². The number of halogens is 3. The molecule has 0 aromatic heterocycles. The molecule has 1 fully saturated rings. The summed E-state index contributed by atoms with van der Waals surface area (Å²) in [5.74, 6) is 0.337. The Labute approximate surface area is 117 Å². The SMILES string of the molecule is COCC1CCC(c2ccc(C=C(F)F)c(F)c2)CC1. The highest BCUT2D eigenvalue weighted by Gasteiger charge is 2.22. The van der Waals surface area contributed by atoms with Gasteiger partial charge in [-0.3, -0.25) is 0 Å². The minimum atomic E-state index is -1.88. The summed E-state index contributed by atoms with van der Waals surface area (Å²) in [6.45, 7) is 0.778. The van der Waals surface area contributed by atoms with Crippen LogP contribution in [0.25, 0.3) is 6.08 Å². The molecule has 110 valence electrons. The minimum Gasteiger partial charge on any atom is -0.384 e. The molecule has 20 heavy (non-hydrogen) atoms. The predicted molar refractivity (Wildman–Crippen MR) is 73.2 cm³/mol. The van der Waals surface area contributed by atoms with Crippen LogP contribution in [-0.4, -0.2) is 13.7 Å². The highest BCUT2D eigenvalue weighted by Crippen LogP contribution is 2.36. The number of hydrogen-bond acceptors (Lipinski definition) is 1. The van der Waals surface area contributed by atoms with E-state index in [1.165, 1.54) is 12.1 Å². The van der Waals surface area contributed by atoms with Crippen molar-refractivity contribution >= 4 is 6.08 Å². The lowest BCUT2D eigenvalue weighted by Gasteiger charge is -2.28. The van der Waals surface area contributed by atoms with Crippen LogP contribution in [0.4, 0.5) is 13.2 Å². The maximum Gasteiger partial charge on any atom is 0.271 e. The Hall–Kier alpha value is -1.29. The molecule has 0 atom stereocenters. The Bertz CT molecular complexity index is 473. The van der Waals surface area contributed by atoms with Gasteiger partial charge in [-0.25, -0.2) is 4.39 Å². The highest BCUT2D eigenvalue weighted by molar-refractivity contribution is 5.51. The van der Waals surface area contributed by atoms with Crippen LogP contribution in [0, 0.1) is 11.7 Å². The van der Waals surface area contributed by atoms with Crippen molar-refractivity contribution in [3.63, 3.8) is 0 Å². The van der Waals surface area contributed by atoms with Crippen molar-refractivity contribution in [2.45, 2.75) is 31.6 Å². The number of rotatable bonds is 4. The van der Waals surface area contributed by atoms with Crippen LogP contribution in [0.2, 0.25) is 0 Å². The zero-order valence-electron chi connectivity index (χ0n) is 11.5. The van der Waals surface area contributed by atoms with E-state index in [0.717, 1.165) is 37.9 Å². The minimum absolute atomic E-state index is 0.0539. The summed E-state index contributed by atoms with van der Waals surface area (Å²) in [6, 6.07) is 4.60. The van der Waals surface area contributed by atoms with Crippen LogP contribution in [0.15, 0.2) is 24.3 Å². The quantitative estimate of drug-likeness (QED) is 0.757. The van der Waals surface area contributed by atoms with Gasteiger partial charge in [0.25, 0.3) is 6.08 Å². The second-order valence-electron chi connectivity index (χ2n) is 5.39. The molecule has 0 spiro atoms. The van der Waals surface area contributed by atoms with Gasteiger partial charge in [0.1, 0.15) is 5.82 Å². The van der Waals surface area contributed by atoms with Crippen molar-refractivity contribution in [2.75, 3.05) is 13.7 Å². The third kappa shape index (κ3) is 3.85. The second-order valence-corrected chi connectivity index (χ2v) is 5.39. The standard InChI is InChI=1S/C16H19F3O/c1-20-10-11-2-4-12(5-3-11)13-6-7-14(9-16(18)19)15(17)8-13/h6-9,11-12H,2-5,10H2,1H3. The van der Waals surface area contributed by atoms with Gasteiger partial charge in [-0.15, -0.1) is 0 Å². The van der Waals surface area contributed by atoms with Gasteiger partial charge in [-0.2, -0.15) is 8.78 Å². The summed E-state index contributed by atoms with van der Waals surface area (Å²) < 4.78 is 43.2.